The number of rotatable bonds is 7. The normalized spacial score (nSPS) is 15.2. The number of hydrogen-bond donors (Lipinski definition) is 3. The Hall–Kier alpha value is -1.02. The van der Waals surface area contributed by atoms with Crippen molar-refractivity contribution in [2.45, 2.75) is 44.7 Å². The molecule has 3 N–H and O–H groups in total. The summed E-state index contributed by atoms with van der Waals surface area (Å²) in [5, 5.41) is 10.3. The highest BCUT2D eigenvalue weighted by Gasteiger charge is 2.22. The molecular formula is C17H26ClIN4O. The first-order chi connectivity index (χ1) is 11.1. The molecule has 0 aliphatic heterocycles. The minimum Gasteiger partial charge on any atom is -0.356 e. The van der Waals surface area contributed by atoms with Crippen LogP contribution in [0.1, 0.15) is 44.2 Å². The summed E-state index contributed by atoms with van der Waals surface area (Å²) in [6.07, 6.45) is 3.58. The van der Waals surface area contributed by atoms with E-state index in [1.165, 1.54) is 0 Å². The van der Waals surface area contributed by atoms with E-state index >= 15 is 0 Å². The van der Waals surface area contributed by atoms with Crippen molar-refractivity contribution < 1.29 is 4.79 Å². The van der Waals surface area contributed by atoms with E-state index in [0.717, 1.165) is 35.8 Å². The van der Waals surface area contributed by atoms with Gasteiger partial charge in [0.25, 0.3) is 0 Å². The summed E-state index contributed by atoms with van der Waals surface area (Å²) in [6.45, 7) is 2.77. The predicted octanol–water partition coefficient (Wildman–Crippen LogP) is 3.24. The predicted molar refractivity (Wildman–Crippen MR) is 110 cm³/mol. The van der Waals surface area contributed by atoms with Crippen LogP contribution in [-0.4, -0.2) is 31.5 Å². The topological polar surface area (TPSA) is 65.5 Å². The molecule has 0 heterocycles. The van der Waals surface area contributed by atoms with Gasteiger partial charge in [0, 0.05) is 31.1 Å². The number of carbonyl (C=O) groups is 1. The Morgan fingerprint density at radius 2 is 2.17 bits per heavy atom. The Morgan fingerprint density at radius 1 is 1.42 bits per heavy atom. The number of amides is 1. The highest BCUT2D eigenvalue weighted by atomic mass is 127. The number of benzene rings is 1. The molecule has 0 radical (unpaired) electrons. The monoisotopic (exact) mass is 464 g/mol. The average molecular weight is 465 g/mol. The number of aliphatic imine (C=N–C) groups is 1. The summed E-state index contributed by atoms with van der Waals surface area (Å²) in [5.74, 6) is 0.865. The molecule has 134 valence electrons. The van der Waals surface area contributed by atoms with Crippen molar-refractivity contribution >= 4 is 47.4 Å². The maximum Gasteiger partial charge on any atom is 0.220 e. The van der Waals surface area contributed by atoms with Crippen molar-refractivity contribution in [2.24, 2.45) is 4.99 Å². The standard InChI is InChI=1S/C17H25ClN4O.HI/c1-12(13-5-3-6-14(18)11-13)21-17(19-2)20-10-4-7-16(23)22-15-8-9-15;/h3,5-6,11-12,15H,4,7-10H2,1-2H3,(H,22,23)(H2,19,20,21);1H. The minimum atomic E-state index is 0. The molecule has 0 spiro atoms. The molecule has 7 heteroatoms. The number of guanidine groups is 1. The zero-order valence-corrected chi connectivity index (χ0v) is 17.2. The maximum absolute atomic E-state index is 11.6. The van der Waals surface area contributed by atoms with Crippen molar-refractivity contribution in [3.8, 4) is 0 Å². The molecule has 1 aromatic rings. The van der Waals surface area contributed by atoms with Crippen molar-refractivity contribution in [1.82, 2.24) is 16.0 Å². The van der Waals surface area contributed by atoms with Crippen LogP contribution in [-0.2, 0) is 4.79 Å². The second kappa shape index (κ2) is 10.8. The zero-order valence-electron chi connectivity index (χ0n) is 14.1. The smallest absolute Gasteiger partial charge is 0.220 e. The van der Waals surface area contributed by atoms with E-state index in [4.69, 9.17) is 11.6 Å². The highest BCUT2D eigenvalue weighted by molar-refractivity contribution is 14.0. The van der Waals surface area contributed by atoms with E-state index in [1.807, 2.05) is 24.3 Å². The lowest BCUT2D eigenvalue weighted by Gasteiger charge is -2.18. The number of carbonyl (C=O) groups excluding carboxylic acids is 1. The molecule has 24 heavy (non-hydrogen) atoms. The molecule has 0 aromatic heterocycles. The molecule has 1 fully saturated rings. The van der Waals surface area contributed by atoms with Crippen LogP contribution in [0, 0.1) is 0 Å². The van der Waals surface area contributed by atoms with Crippen LogP contribution in [0.5, 0.6) is 0 Å². The van der Waals surface area contributed by atoms with Gasteiger partial charge in [-0.05, 0) is 43.9 Å². The molecule has 1 unspecified atom stereocenters. The van der Waals surface area contributed by atoms with Crippen LogP contribution in [0.4, 0.5) is 0 Å². The van der Waals surface area contributed by atoms with Crippen molar-refractivity contribution in [3.63, 3.8) is 0 Å². The van der Waals surface area contributed by atoms with Crippen LogP contribution in [0.25, 0.3) is 0 Å². The quantitative estimate of drug-likeness (QED) is 0.251. The molecule has 1 aliphatic rings. The summed E-state index contributed by atoms with van der Waals surface area (Å²) in [5.41, 5.74) is 1.10. The Labute approximate surface area is 166 Å². The summed E-state index contributed by atoms with van der Waals surface area (Å²) in [4.78, 5) is 15.8. The van der Waals surface area contributed by atoms with Gasteiger partial charge in [0.05, 0.1) is 6.04 Å². The number of nitrogens with zero attached hydrogens (tertiary/aromatic N) is 1. The van der Waals surface area contributed by atoms with Gasteiger partial charge >= 0.3 is 0 Å². The third-order valence-electron chi connectivity index (χ3n) is 3.74. The van der Waals surface area contributed by atoms with Gasteiger partial charge in [-0.15, -0.1) is 24.0 Å². The molecule has 1 amide bonds. The first-order valence-corrected chi connectivity index (χ1v) is 8.48. The van der Waals surface area contributed by atoms with Crippen LogP contribution in [0.3, 0.4) is 0 Å². The van der Waals surface area contributed by atoms with Crippen LogP contribution >= 0.6 is 35.6 Å². The Morgan fingerprint density at radius 3 is 2.79 bits per heavy atom. The highest BCUT2D eigenvalue weighted by Crippen LogP contribution is 2.18. The fraction of sp³-hybridized carbons (Fsp3) is 0.529. The summed E-state index contributed by atoms with van der Waals surface area (Å²) < 4.78 is 0. The Balaban J connectivity index is 0.00000288. The average Bonchev–Trinajstić information content (AvgIpc) is 3.34. The van der Waals surface area contributed by atoms with Crippen LogP contribution < -0.4 is 16.0 Å². The second-order valence-corrected chi connectivity index (χ2v) is 6.30. The van der Waals surface area contributed by atoms with Gasteiger partial charge in [-0.2, -0.15) is 0 Å². The van der Waals surface area contributed by atoms with E-state index in [-0.39, 0.29) is 35.9 Å². The largest absolute Gasteiger partial charge is 0.356 e. The van der Waals surface area contributed by atoms with Crippen LogP contribution in [0.15, 0.2) is 29.3 Å². The van der Waals surface area contributed by atoms with Gasteiger partial charge in [-0.3, -0.25) is 9.79 Å². The SMILES string of the molecule is CN=C(NCCCC(=O)NC1CC1)NC(C)c1cccc(Cl)c1.I. The van der Waals surface area contributed by atoms with E-state index in [1.54, 1.807) is 7.05 Å². The summed E-state index contributed by atoms with van der Waals surface area (Å²) in [7, 11) is 1.74. The molecule has 1 atom stereocenters. The molecule has 1 aliphatic carbocycles. The summed E-state index contributed by atoms with van der Waals surface area (Å²) in [6, 6.07) is 8.29. The lowest BCUT2D eigenvalue weighted by atomic mass is 10.1. The molecule has 1 saturated carbocycles. The molecular weight excluding hydrogens is 439 g/mol. The van der Waals surface area contributed by atoms with Crippen LogP contribution in [0.2, 0.25) is 5.02 Å². The fourth-order valence-electron chi connectivity index (χ4n) is 2.24. The molecule has 0 saturated heterocycles. The first kappa shape index (κ1) is 21.0. The van der Waals surface area contributed by atoms with Crippen molar-refractivity contribution in [2.75, 3.05) is 13.6 Å². The maximum atomic E-state index is 11.6. The Kier molecular flexibility index (Phi) is 9.43. The van der Waals surface area contributed by atoms with Crippen molar-refractivity contribution in [3.05, 3.63) is 34.9 Å². The molecule has 1 aromatic carbocycles. The third kappa shape index (κ3) is 7.70. The number of halogens is 2. The fourth-order valence-corrected chi connectivity index (χ4v) is 2.44. The molecule has 0 bridgehead atoms. The Bertz CT molecular complexity index is 563. The van der Waals surface area contributed by atoms with Gasteiger partial charge < -0.3 is 16.0 Å². The van der Waals surface area contributed by atoms with Gasteiger partial charge in [-0.1, -0.05) is 23.7 Å². The van der Waals surface area contributed by atoms with E-state index < -0.39 is 0 Å². The van der Waals surface area contributed by atoms with Gasteiger partial charge in [0.2, 0.25) is 5.91 Å². The van der Waals surface area contributed by atoms with Gasteiger partial charge in [0.1, 0.15) is 0 Å². The first-order valence-electron chi connectivity index (χ1n) is 8.10. The van der Waals surface area contributed by atoms with Gasteiger partial charge in [0.15, 0.2) is 5.96 Å². The van der Waals surface area contributed by atoms with Gasteiger partial charge in [-0.25, -0.2) is 0 Å². The summed E-state index contributed by atoms with van der Waals surface area (Å²) >= 11 is 6.02. The van der Waals surface area contributed by atoms with Crippen molar-refractivity contribution in [1.29, 1.82) is 0 Å². The minimum absolute atomic E-state index is 0. The molecule has 2 rings (SSSR count). The molecule has 5 nitrogen and oxygen atoms in total. The lowest BCUT2D eigenvalue weighted by Crippen LogP contribution is -2.39. The lowest BCUT2D eigenvalue weighted by molar-refractivity contribution is -0.121. The van der Waals surface area contributed by atoms with E-state index in [0.29, 0.717) is 19.0 Å². The third-order valence-corrected chi connectivity index (χ3v) is 3.98. The zero-order chi connectivity index (χ0) is 16.7. The number of hydrogen-bond acceptors (Lipinski definition) is 2. The van der Waals surface area contributed by atoms with E-state index in [2.05, 4.69) is 27.9 Å². The number of nitrogens with one attached hydrogen (secondary N) is 3. The van der Waals surface area contributed by atoms with E-state index in [9.17, 15) is 4.79 Å². The second-order valence-electron chi connectivity index (χ2n) is 5.87.